The smallest absolute Gasteiger partial charge is 0.318 e. The second kappa shape index (κ2) is 5.22. The number of aliphatic hydroxyl groups is 1. The van der Waals surface area contributed by atoms with Gasteiger partial charge in [0.05, 0.1) is 19.8 Å². The number of β-amino-alcohol motifs (C(OH)–C–C–N with tert-alkyl or cyclic N) is 1. The van der Waals surface area contributed by atoms with Gasteiger partial charge in [-0.25, -0.2) is 9.18 Å². The Morgan fingerprint density at radius 2 is 2.39 bits per heavy atom. The van der Waals surface area contributed by atoms with Gasteiger partial charge in [0.15, 0.2) is 11.6 Å². The summed E-state index contributed by atoms with van der Waals surface area (Å²) in [7, 11) is 1.40. The average molecular weight is 254 g/mol. The number of aliphatic hydroxyl groups excluding tert-OH is 1. The zero-order valence-corrected chi connectivity index (χ0v) is 10.0. The van der Waals surface area contributed by atoms with Crippen LogP contribution in [0.25, 0.3) is 0 Å². The summed E-state index contributed by atoms with van der Waals surface area (Å²) in [6, 6.07) is 4.10. The quantitative estimate of drug-likeness (QED) is 0.839. The third-order valence-electron chi connectivity index (χ3n) is 2.99. The number of ether oxygens (including phenoxy) is 1. The Bertz CT molecular complexity index is 453. The number of nitrogens with zero attached hydrogens (tertiary/aromatic N) is 1. The van der Waals surface area contributed by atoms with Gasteiger partial charge in [-0.05, 0) is 17.7 Å². The first-order valence-corrected chi connectivity index (χ1v) is 5.66. The minimum absolute atomic E-state index is 0.122. The molecule has 0 spiro atoms. The molecule has 1 aliphatic heterocycles. The van der Waals surface area contributed by atoms with Gasteiger partial charge in [0.2, 0.25) is 0 Å². The molecule has 6 heteroatoms. The second-order valence-electron chi connectivity index (χ2n) is 4.01. The van der Waals surface area contributed by atoms with Gasteiger partial charge in [-0.2, -0.15) is 0 Å². The molecule has 2 N–H and O–H groups in total. The molecule has 1 aliphatic rings. The van der Waals surface area contributed by atoms with Crippen LogP contribution in [0, 0.1) is 5.82 Å². The van der Waals surface area contributed by atoms with Gasteiger partial charge >= 0.3 is 6.03 Å². The Hall–Kier alpha value is -1.82. The standard InChI is InChI=1S/C12H15FN2O3/c1-18-11-3-2-8(6-9(11)13)10-7-14-12(17)15(10)4-5-16/h2-3,6,10,16H,4-5,7H2,1H3,(H,14,17). The van der Waals surface area contributed by atoms with Gasteiger partial charge in [0.25, 0.3) is 0 Å². The SMILES string of the molecule is COc1ccc(C2CNC(=O)N2CCO)cc1F. The molecule has 5 nitrogen and oxygen atoms in total. The average Bonchev–Trinajstić information content (AvgIpc) is 2.72. The van der Waals surface area contributed by atoms with Crippen molar-refractivity contribution in [1.82, 2.24) is 10.2 Å². The van der Waals surface area contributed by atoms with Crippen LogP contribution in [-0.2, 0) is 0 Å². The van der Waals surface area contributed by atoms with Crippen LogP contribution < -0.4 is 10.1 Å². The Kier molecular flexibility index (Phi) is 3.66. The highest BCUT2D eigenvalue weighted by Crippen LogP contribution is 2.27. The fraction of sp³-hybridized carbons (Fsp3) is 0.417. The first-order valence-electron chi connectivity index (χ1n) is 5.66. The number of carbonyl (C=O) groups excluding carboxylic acids is 1. The molecule has 0 aliphatic carbocycles. The molecule has 1 aromatic carbocycles. The van der Waals surface area contributed by atoms with Crippen molar-refractivity contribution in [2.24, 2.45) is 0 Å². The van der Waals surface area contributed by atoms with Gasteiger partial charge < -0.3 is 20.1 Å². The number of carbonyl (C=O) groups is 1. The zero-order valence-electron chi connectivity index (χ0n) is 10.0. The molecular weight excluding hydrogens is 239 g/mol. The fourth-order valence-electron chi connectivity index (χ4n) is 2.09. The molecule has 0 bridgehead atoms. The minimum Gasteiger partial charge on any atom is -0.494 e. The van der Waals surface area contributed by atoms with E-state index >= 15 is 0 Å². The molecule has 0 radical (unpaired) electrons. The highest BCUT2D eigenvalue weighted by atomic mass is 19.1. The molecule has 98 valence electrons. The van der Waals surface area contributed by atoms with E-state index in [9.17, 15) is 9.18 Å². The lowest BCUT2D eigenvalue weighted by molar-refractivity contribution is 0.179. The molecular formula is C12H15FN2O3. The molecule has 0 saturated carbocycles. The van der Waals surface area contributed by atoms with Crippen LogP contribution in [0.1, 0.15) is 11.6 Å². The van der Waals surface area contributed by atoms with E-state index in [1.54, 1.807) is 6.07 Å². The topological polar surface area (TPSA) is 61.8 Å². The second-order valence-corrected chi connectivity index (χ2v) is 4.01. The van der Waals surface area contributed by atoms with Crippen LogP contribution in [0.4, 0.5) is 9.18 Å². The van der Waals surface area contributed by atoms with E-state index in [0.717, 1.165) is 0 Å². The van der Waals surface area contributed by atoms with E-state index in [1.807, 2.05) is 0 Å². The molecule has 1 atom stereocenters. The molecule has 0 aromatic heterocycles. The first-order chi connectivity index (χ1) is 8.67. The molecule has 1 fully saturated rings. The van der Waals surface area contributed by atoms with Crippen molar-refractivity contribution in [3.8, 4) is 5.75 Å². The van der Waals surface area contributed by atoms with Gasteiger partial charge in [-0.3, -0.25) is 0 Å². The van der Waals surface area contributed by atoms with E-state index in [2.05, 4.69) is 5.32 Å². The lowest BCUT2D eigenvalue weighted by Crippen LogP contribution is -2.32. The van der Waals surface area contributed by atoms with Crippen LogP contribution in [0.3, 0.4) is 0 Å². The van der Waals surface area contributed by atoms with Crippen molar-refractivity contribution >= 4 is 6.03 Å². The third-order valence-corrected chi connectivity index (χ3v) is 2.99. The first kappa shape index (κ1) is 12.6. The van der Waals surface area contributed by atoms with Crippen LogP contribution in [0.15, 0.2) is 18.2 Å². The maximum absolute atomic E-state index is 13.6. The van der Waals surface area contributed by atoms with Crippen molar-refractivity contribution in [3.63, 3.8) is 0 Å². The summed E-state index contributed by atoms with van der Waals surface area (Å²) in [5, 5.41) is 11.6. The maximum atomic E-state index is 13.6. The van der Waals surface area contributed by atoms with Gasteiger partial charge in [-0.15, -0.1) is 0 Å². The summed E-state index contributed by atoms with van der Waals surface area (Å²) >= 11 is 0. The number of urea groups is 1. The largest absolute Gasteiger partial charge is 0.494 e. The number of hydrogen-bond acceptors (Lipinski definition) is 3. The zero-order chi connectivity index (χ0) is 13.1. The van der Waals surface area contributed by atoms with Crippen LogP contribution in [-0.4, -0.2) is 42.8 Å². The predicted octanol–water partition coefficient (Wildman–Crippen LogP) is 0.893. The number of nitrogens with one attached hydrogen (secondary N) is 1. The number of benzene rings is 1. The van der Waals surface area contributed by atoms with E-state index in [0.29, 0.717) is 12.1 Å². The third kappa shape index (κ3) is 2.24. The molecule has 2 amide bonds. The predicted molar refractivity (Wildman–Crippen MR) is 62.9 cm³/mol. The van der Waals surface area contributed by atoms with Gasteiger partial charge in [-0.1, -0.05) is 6.07 Å². The monoisotopic (exact) mass is 254 g/mol. The van der Waals surface area contributed by atoms with Crippen molar-refractivity contribution in [3.05, 3.63) is 29.6 Å². The molecule has 1 unspecified atom stereocenters. The van der Waals surface area contributed by atoms with Gasteiger partial charge in [0, 0.05) is 13.1 Å². The summed E-state index contributed by atoms with van der Waals surface area (Å²) in [5.41, 5.74) is 0.681. The van der Waals surface area contributed by atoms with E-state index in [4.69, 9.17) is 9.84 Å². The highest BCUT2D eigenvalue weighted by Gasteiger charge is 2.31. The van der Waals surface area contributed by atoms with Crippen molar-refractivity contribution < 1.29 is 19.0 Å². The van der Waals surface area contributed by atoms with Crippen molar-refractivity contribution in [1.29, 1.82) is 0 Å². The number of amides is 2. The molecule has 2 rings (SSSR count). The Balaban J connectivity index is 2.25. The molecule has 1 saturated heterocycles. The van der Waals surface area contributed by atoms with Crippen LogP contribution in [0.5, 0.6) is 5.75 Å². The number of methoxy groups -OCH3 is 1. The summed E-state index contributed by atoms with van der Waals surface area (Å²) in [4.78, 5) is 13.0. The minimum atomic E-state index is -0.460. The lowest BCUT2D eigenvalue weighted by atomic mass is 10.1. The number of hydrogen-bond donors (Lipinski definition) is 2. The van der Waals surface area contributed by atoms with E-state index in [-0.39, 0.29) is 31.0 Å². The molecule has 1 aromatic rings. The fourth-order valence-corrected chi connectivity index (χ4v) is 2.09. The van der Waals surface area contributed by atoms with Crippen molar-refractivity contribution in [2.75, 3.05) is 26.8 Å². The highest BCUT2D eigenvalue weighted by molar-refractivity contribution is 5.77. The maximum Gasteiger partial charge on any atom is 0.318 e. The van der Waals surface area contributed by atoms with Crippen molar-refractivity contribution in [2.45, 2.75) is 6.04 Å². The summed E-state index contributed by atoms with van der Waals surface area (Å²) < 4.78 is 18.5. The Morgan fingerprint density at radius 1 is 1.61 bits per heavy atom. The van der Waals surface area contributed by atoms with E-state index < -0.39 is 5.82 Å². The lowest BCUT2D eigenvalue weighted by Gasteiger charge is -2.22. The number of rotatable bonds is 4. The van der Waals surface area contributed by atoms with Crippen LogP contribution >= 0.6 is 0 Å². The molecule has 18 heavy (non-hydrogen) atoms. The van der Waals surface area contributed by atoms with Crippen LogP contribution in [0.2, 0.25) is 0 Å². The normalized spacial score (nSPS) is 18.9. The molecule has 1 heterocycles. The Labute approximate surface area is 104 Å². The summed E-state index contributed by atoms with van der Waals surface area (Å²) in [6.07, 6.45) is 0. The Morgan fingerprint density at radius 3 is 3.00 bits per heavy atom. The summed E-state index contributed by atoms with van der Waals surface area (Å²) in [5.74, 6) is -0.289. The van der Waals surface area contributed by atoms with Gasteiger partial charge in [0.1, 0.15) is 0 Å². The number of halogens is 1. The summed E-state index contributed by atoms with van der Waals surface area (Å²) in [6.45, 7) is 0.511. The van der Waals surface area contributed by atoms with E-state index in [1.165, 1.54) is 24.1 Å².